The van der Waals surface area contributed by atoms with Gasteiger partial charge in [0.15, 0.2) is 0 Å². The molecule has 2 nitrogen and oxygen atoms in total. The molecule has 3 heteroatoms. The zero-order valence-electron chi connectivity index (χ0n) is 20.8. The van der Waals surface area contributed by atoms with Crippen LogP contribution in [0.15, 0.2) is 60.2 Å². The van der Waals surface area contributed by atoms with Crippen molar-refractivity contribution in [1.82, 2.24) is 0 Å². The van der Waals surface area contributed by atoms with Gasteiger partial charge in [-0.05, 0) is 63.3 Å². The first kappa shape index (κ1) is 30.3. The quantitative estimate of drug-likeness (QED) is 0.503. The van der Waals surface area contributed by atoms with Gasteiger partial charge in [0, 0.05) is 11.6 Å². The summed E-state index contributed by atoms with van der Waals surface area (Å²) in [6.07, 6.45) is 11.5. The minimum Gasteiger partial charge on any atom is -0.379 e. The predicted molar refractivity (Wildman–Crippen MR) is 136 cm³/mol. The van der Waals surface area contributed by atoms with E-state index >= 15 is 0 Å². The van der Waals surface area contributed by atoms with E-state index in [1.165, 1.54) is 30.1 Å². The molecule has 0 bridgehead atoms. The fourth-order valence-corrected chi connectivity index (χ4v) is 2.39. The lowest BCUT2D eigenvalue weighted by Crippen LogP contribution is -2.30. The molecule has 0 heterocycles. The van der Waals surface area contributed by atoms with E-state index in [1.807, 2.05) is 52.8 Å². The van der Waals surface area contributed by atoms with Gasteiger partial charge in [-0.2, -0.15) is 0 Å². The molecular weight excluding hydrogens is 371 g/mol. The smallest absolute Gasteiger partial charge is 0.146 e. The molecule has 172 valence electrons. The Kier molecular flexibility index (Phi) is 18.1. The van der Waals surface area contributed by atoms with Gasteiger partial charge in [0.25, 0.3) is 0 Å². The van der Waals surface area contributed by atoms with Gasteiger partial charge in [-0.15, -0.1) is 0 Å². The van der Waals surface area contributed by atoms with Gasteiger partial charge in [0.2, 0.25) is 0 Å². The summed E-state index contributed by atoms with van der Waals surface area (Å²) < 4.78 is 13.6. The van der Waals surface area contributed by atoms with Crippen LogP contribution in [0, 0.1) is 5.82 Å². The molecule has 2 rings (SSSR count). The Morgan fingerprint density at radius 1 is 1.10 bits per heavy atom. The summed E-state index contributed by atoms with van der Waals surface area (Å²) in [5.74, 6) is -0.194. The van der Waals surface area contributed by atoms with Crippen LogP contribution in [0.4, 0.5) is 10.1 Å². The molecular formula is C27H47FN2. The van der Waals surface area contributed by atoms with E-state index in [-0.39, 0.29) is 17.4 Å². The zero-order valence-corrected chi connectivity index (χ0v) is 20.8. The van der Waals surface area contributed by atoms with E-state index in [2.05, 4.69) is 38.7 Å². The van der Waals surface area contributed by atoms with Gasteiger partial charge in [-0.25, -0.2) is 4.39 Å². The van der Waals surface area contributed by atoms with Crippen LogP contribution in [0.1, 0.15) is 87.5 Å². The zero-order chi connectivity index (χ0) is 23.6. The van der Waals surface area contributed by atoms with Crippen LogP contribution >= 0.6 is 0 Å². The number of halogens is 1. The summed E-state index contributed by atoms with van der Waals surface area (Å²) >= 11 is 0. The van der Waals surface area contributed by atoms with Crippen molar-refractivity contribution >= 4 is 5.69 Å². The molecule has 1 saturated carbocycles. The highest BCUT2D eigenvalue weighted by atomic mass is 19.1. The Hall–Kier alpha value is -1.87. The van der Waals surface area contributed by atoms with Gasteiger partial charge < -0.3 is 11.1 Å². The van der Waals surface area contributed by atoms with Crippen molar-refractivity contribution in [3.05, 3.63) is 66.0 Å². The molecule has 1 unspecified atom stereocenters. The number of allylic oxidation sites excluding steroid dienone is 3. The van der Waals surface area contributed by atoms with Gasteiger partial charge in [0.1, 0.15) is 5.82 Å². The Labute approximate surface area is 186 Å². The summed E-state index contributed by atoms with van der Waals surface area (Å²) in [4.78, 5) is 0. The van der Waals surface area contributed by atoms with Crippen LogP contribution in [0.3, 0.4) is 0 Å². The highest BCUT2D eigenvalue weighted by molar-refractivity contribution is 5.49. The second-order valence-corrected chi connectivity index (χ2v) is 7.81. The molecule has 30 heavy (non-hydrogen) atoms. The lowest BCUT2D eigenvalue weighted by Gasteiger charge is -2.13. The Morgan fingerprint density at radius 3 is 2.00 bits per heavy atom. The van der Waals surface area contributed by atoms with E-state index in [0.29, 0.717) is 5.69 Å². The van der Waals surface area contributed by atoms with Crippen molar-refractivity contribution in [1.29, 1.82) is 0 Å². The minimum absolute atomic E-state index is 0.0417. The summed E-state index contributed by atoms with van der Waals surface area (Å²) in [6, 6.07) is 7.07. The van der Waals surface area contributed by atoms with E-state index < -0.39 is 0 Å². The van der Waals surface area contributed by atoms with Crippen molar-refractivity contribution in [2.45, 2.75) is 99.1 Å². The maximum atomic E-state index is 13.6. The maximum absolute atomic E-state index is 13.6. The Balaban J connectivity index is 0. The average molecular weight is 419 g/mol. The highest BCUT2D eigenvalue weighted by Crippen LogP contribution is 2.33. The summed E-state index contributed by atoms with van der Waals surface area (Å²) in [7, 11) is 0. The average Bonchev–Trinajstić information content (AvgIpc) is 3.13. The molecule has 1 aliphatic carbocycles. The fraction of sp³-hybridized carbons (Fsp3) is 0.556. The summed E-state index contributed by atoms with van der Waals surface area (Å²) in [5.41, 5.74) is 8.77. The third-order valence-corrected chi connectivity index (χ3v) is 4.66. The first-order valence-corrected chi connectivity index (χ1v) is 11.5. The van der Waals surface area contributed by atoms with E-state index in [9.17, 15) is 4.39 Å². The predicted octanol–water partition coefficient (Wildman–Crippen LogP) is 8.43. The van der Waals surface area contributed by atoms with Crippen LogP contribution < -0.4 is 11.1 Å². The molecule has 0 amide bonds. The molecule has 0 saturated heterocycles. The van der Waals surface area contributed by atoms with Gasteiger partial charge in [-0.3, -0.25) is 0 Å². The van der Waals surface area contributed by atoms with Crippen LogP contribution in [0.2, 0.25) is 0 Å². The monoisotopic (exact) mass is 418 g/mol. The van der Waals surface area contributed by atoms with Crippen molar-refractivity contribution < 1.29 is 4.39 Å². The summed E-state index contributed by atoms with van der Waals surface area (Å²) in [5, 5.41) is 3.27. The molecule has 1 atom stereocenters. The van der Waals surface area contributed by atoms with Crippen LogP contribution in [-0.4, -0.2) is 11.6 Å². The summed E-state index contributed by atoms with van der Waals surface area (Å²) in [6.45, 7) is 20.3. The van der Waals surface area contributed by atoms with Crippen LogP contribution in [-0.2, 0) is 0 Å². The Morgan fingerprint density at radius 2 is 1.60 bits per heavy atom. The lowest BCUT2D eigenvalue weighted by atomic mass is 10.1. The second-order valence-electron chi connectivity index (χ2n) is 7.81. The molecule has 1 aliphatic rings. The minimum atomic E-state index is -0.194. The van der Waals surface area contributed by atoms with Crippen molar-refractivity contribution in [2.75, 3.05) is 5.32 Å². The topological polar surface area (TPSA) is 38.0 Å². The number of rotatable bonds is 5. The molecule has 0 radical (unpaired) electrons. The van der Waals surface area contributed by atoms with E-state index in [0.717, 1.165) is 19.3 Å². The molecule has 0 aromatic heterocycles. The third-order valence-electron chi connectivity index (χ3n) is 4.66. The number of hydrogen-bond acceptors (Lipinski definition) is 2. The molecule has 0 spiro atoms. The number of unbranched alkanes of at least 4 members (excludes halogenated alkanes) is 1. The first-order chi connectivity index (χ1) is 14.2. The van der Waals surface area contributed by atoms with Gasteiger partial charge in [0.05, 0.1) is 5.69 Å². The van der Waals surface area contributed by atoms with Gasteiger partial charge in [-0.1, -0.05) is 84.4 Å². The largest absolute Gasteiger partial charge is 0.379 e. The lowest BCUT2D eigenvalue weighted by molar-refractivity contribution is 0.501. The fourth-order valence-electron chi connectivity index (χ4n) is 2.39. The van der Waals surface area contributed by atoms with Crippen LogP contribution in [0.5, 0.6) is 0 Å². The van der Waals surface area contributed by atoms with Crippen molar-refractivity contribution in [2.24, 2.45) is 5.73 Å². The molecule has 1 aromatic rings. The molecule has 3 N–H and O–H groups in total. The number of anilines is 1. The van der Waals surface area contributed by atoms with Crippen molar-refractivity contribution in [3.8, 4) is 0 Å². The first-order valence-electron chi connectivity index (χ1n) is 11.5. The molecule has 0 aliphatic heterocycles. The Bertz CT molecular complexity index is 622. The number of para-hydroxylation sites is 1. The normalized spacial score (nSPS) is 17.7. The molecule has 1 aromatic carbocycles. The molecule has 1 fully saturated rings. The van der Waals surface area contributed by atoms with Crippen molar-refractivity contribution in [3.63, 3.8) is 0 Å². The van der Waals surface area contributed by atoms with E-state index in [1.54, 1.807) is 12.1 Å². The number of benzene rings is 1. The maximum Gasteiger partial charge on any atom is 0.146 e. The van der Waals surface area contributed by atoms with Gasteiger partial charge >= 0.3 is 0 Å². The number of nitrogens with one attached hydrogen (secondary N) is 1. The number of nitrogens with two attached hydrogens (primary N) is 1. The SMILES string of the molecule is C=C/C=C1/CC(Nc2ccccc2F)C/C1=C/C.CC.CCC(C)(C)N.CCCC. The highest BCUT2D eigenvalue weighted by Gasteiger charge is 2.23. The van der Waals surface area contributed by atoms with E-state index in [4.69, 9.17) is 5.73 Å². The number of hydrogen-bond donors (Lipinski definition) is 2. The standard InChI is InChI=1S/C16H18FN.C5H13N.C4H10.C2H6/c1-3-7-13-11-14(10-12(13)4-2)18-16-9-6-5-8-15(16)17;1-4-5(2,3)6;1-3-4-2;1-2/h3-9,14,18H,1,10-11H2,2H3;4,6H2,1-3H3;3-4H2,1-2H3;1-2H3/b12-4-,13-7-;;;. The van der Waals surface area contributed by atoms with Crippen LogP contribution in [0.25, 0.3) is 0 Å². The second kappa shape index (κ2) is 17.9. The third kappa shape index (κ3) is 14.2.